The van der Waals surface area contributed by atoms with E-state index in [1.54, 1.807) is 6.20 Å². The first-order chi connectivity index (χ1) is 14.2. The number of rotatable bonds is 5. The number of nitrogens with one attached hydrogen (secondary N) is 2. The standard InChI is InChI=1S/C23H23ClN4O/c1-2-8-17-13-19(18-11-6-7-12-21(18)24)20-15-26-28(22(20)27-17)23(29)25-14-16-9-4-3-5-10-16/h3-7,9-13,15,19,27H,2,8,14H2,1H3,(H,25,29). The second-order valence-electron chi connectivity index (χ2n) is 7.07. The van der Waals surface area contributed by atoms with Gasteiger partial charge in [-0.2, -0.15) is 9.78 Å². The van der Waals surface area contributed by atoms with Gasteiger partial charge in [-0.05, 0) is 23.6 Å². The minimum atomic E-state index is -0.265. The summed E-state index contributed by atoms with van der Waals surface area (Å²) >= 11 is 6.48. The lowest BCUT2D eigenvalue weighted by atomic mass is 9.89. The lowest BCUT2D eigenvalue weighted by Gasteiger charge is -2.25. The Morgan fingerprint density at radius 3 is 2.66 bits per heavy atom. The molecular weight excluding hydrogens is 384 g/mol. The number of carbonyl (C=O) groups is 1. The predicted octanol–water partition coefficient (Wildman–Crippen LogP) is 5.54. The van der Waals surface area contributed by atoms with Crippen molar-refractivity contribution in [1.82, 2.24) is 15.1 Å². The molecule has 1 aromatic heterocycles. The van der Waals surface area contributed by atoms with Gasteiger partial charge in [-0.25, -0.2) is 4.79 Å². The van der Waals surface area contributed by atoms with E-state index in [9.17, 15) is 4.79 Å². The van der Waals surface area contributed by atoms with Crippen LogP contribution in [0.2, 0.25) is 5.02 Å². The molecule has 0 aliphatic carbocycles. The molecule has 3 aromatic rings. The lowest BCUT2D eigenvalue weighted by Crippen LogP contribution is -2.30. The van der Waals surface area contributed by atoms with Crippen LogP contribution in [0.3, 0.4) is 0 Å². The molecule has 1 aliphatic heterocycles. The molecule has 1 aliphatic rings. The molecule has 2 N–H and O–H groups in total. The zero-order chi connectivity index (χ0) is 20.2. The minimum Gasteiger partial charge on any atom is -0.344 e. The second-order valence-corrected chi connectivity index (χ2v) is 7.48. The van der Waals surface area contributed by atoms with E-state index in [0.29, 0.717) is 17.4 Å². The van der Waals surface area contributed by atoms with E-state index in [1.165, 1.54) is 4.68 Å². The second kappa shape index (κ2) is 8.53. The van der Waals surface area contributed by atoms with Gasteiger partial charge in [0.15, 0.2) is 0 Å². The quantitative estimate of drug-likeness (QED) is 0.585. The third-order valence-electron chi connectivity index (χ3n) is 5.02. The number of aromatic nitrogens is 2. The largest absolute Gasteiger partial charge is 0.344 e. The molecule has 2 aromatic carbocycles. The number of anilines is 1. The van der Waals surface area contributed by atoms with E-state index in [4.69, 9.17) is 11.6 Å². The Balaban J connectivity index is 1.64. The monoisotopic (exact) mass is 406 g/mol. The summed E-state index contributed by atoms with van der Waals surface area (Å²) < 4.78 is 1.41. The Morgan fingerprint density at radius 1 is 1.14 bits per heavy atom. The Bertz CT molecular complexity index is 1040. The molecular formula is C23H23ClN4O. The summed E-state index contributed by atoms with van der Waals surface area (Å²) in [4.78, 5) is 12.8. The maximum absolute atomic E-state index is 12.8. The highest BCUT2D eigenvalue weighted by Gasteiger charge is 2.28. The van der Waals surface area contributed by atoms with Gasteiger partial charge in [0.05, 0.1) is 6.20 Å². The number of hydrogen-bond donors (Lipinski definition) is 2. The molecule has 6 heteroatoms. The first-order valence-corrected chi connectivity index (χ1v) is 10.2. The highest BCUT2D eigenvalue weighted by atomic mass is 35.5. The first kappa shape index (κ1) is 19.3. The van der Waals surface area contributed by atoms with Crippen LogP contribution in [-0.2, 0) is 6.54 Å². The summed E-state index contributed by atoms with van der Waals surface area (Å²) in [5.41, 5.74) is 4.06. The van der Waals surface area contributed by atoms with Gasteiger partial charge in [0.25, 0.3) is 0 Å². The lowest BCUT2D eigenvalue weighted by molar-refractivity contribution is 0.239. The maximum Gasteiger partial charge on any atom is 0.344 e. The normalized spacial score (nSPS) is 15.2. The third-order valence-corrected chi connectivity index (χ3v) is 5.36. The van der Waals surface area contributed by atoms with Crippen molar-refractivity contribution in [1.29, 1.82) is 0 Å². The molecule has 1 unspecified atom stereocenters. The first-order valence-electron chi connectivity index (χ1n) is 9.79. The number of allylic oxidation sites excluding steroid dienone is 2. The van der Waals surface area contributed by atoms with Crippen LogP contribution in [0, 0.1) is 0 Å². The molecule has 5 nitrogen and oxygen atoms in total. The van der Waals surface area contributed by atoms with E-state index in [-0.39, 0.29) is 11.9 Å². The fraction of sp³-hybridized carbons (Fsp3) is 0.217. The summed E-state index contributed by atoms with van der Waals surface area (Å²) in [5.74, 6) is 0.656. The highest BCUT2D eigenvalue weighted by Crippen LogP contribution is 2.39. The van der Waals surface area contributed by atoms with Crippen LogP contribution < -0.4 is 10.6 Å². The van der Waals surface area contributed by atoms with Gasteiger partial charge in [0, 0.05) is 28.7 Å². The third kappa shape index (κ3) is 4.05. The van der Waals surface area contributed by atoms with E-state index in [2.05, 4.69) is 28.7 Å². The Morgan fingerprint density at radius 2 is 1.90 bits per heavy atom. The summed E-state index contributed by atoms with van der Waals surface area (Å²) in [6.45, 7) is 2.58. The average molecular weight is 407 g/mol. The summed E-state index contributed by atoms with van der Waals surface area (Å²) in [6, 6.07) is 17.4. The Hall–Kier alpha value is -3.05. The molecule has 0 saturated heterocycles. The molecule has 2 heterocycles. The molecule has 148 valence electrons. The summed E-state index contributed by atoms with van der Waals surface area (Å²) in [7, 11) is 0. The fourth-order valence-corrected chi connectivity index (χ4v) is 3.85. The number of amides is 1. The molecule has 1 amide bonds. The number of nitrogens with zero attached hydrogens (tertiary/aromatic N) is 2. The van der Waals surface area contributed by atoms with Crippen molar-refractivity contribution in [3.05, 3.63) is 94.3 Å². The average Bonchev–Trinajstić information content (AvgIpc) is 3.17. The smallest absolute Gasteiger partial charge is 0.344 e. The van der Waals surface area contributed by atoms with Crippen LogP contribution in [0.4, 0.5) is 10.6 Å². The van der Waals surface area contributed by atoms with Crippen LogP contribution in [0.5, 0.6) is 0 Å². The molecule has 29 heavy (non-hydrogen) atoms. The maximum atomic E-state index is 12.8. The van der Waals surface area contributed by atoms with Crippen LogP contribution >= 0.6 is 11.6 Å². The van der Waals surface area contributed by atoms with Crippen molar-refractivity contribution in [2.75, 3.05) is 5.32 Å². The van der Waals surface area contributed by atoms with Crippen LogP contribution in [0.1, 0.15) is 42.4 Å². The Labute approximate surface area is 175 Å². The van der Waals surface area contributed by atoms with Gasteiger partial charge >= 0.3 is 6.03 Å². The molecule has 4 rings (SSSR count). The van der Waals surface area contributed by atoms with Crippen molar-refractivity contribution in [3.8, 4) is 0 Å². The van der Waals surface area contributed by atoms with Gasteiger partial charge in [0.1, 0.15) is 5.82 Å². The molecule has 0 radical (unpaired) electrons. The Kier molecular flexibility index (Phi) is 5.67. The van der Waals surface area contributed by atoms with E-state index in [1.807, 2.05) is 54.6 Å². The zero-order valence-corrected chi connectivity index (χ0v) is 17.0. The van der Waals surface area contributed by atoms with E-state index >= 15 is 0 Å². The number of carbonyl (C=O) groups excluding carboxylic acids is 1. The topological polar surface area (TPSA) is 59.0 Å². The number of hydrogen-bond acceptors (Lipinski definition) is 3. The highest BCUT2D eigenvalue weighted by molar-refractivity contribution is 6.31. The van der Waals surface area contributed by atoms with E-state index < -0.39 is 0 Å². The van der Waals surface area contributed by atoms with Gasteiger partial charge in [-0.1, -0.05) is 79.6 Å². The van der Waals surface area contributed by atoms with Crippen LogP contribution in [-0.4, -0.2) is 15.8 Å². The number of fused-ring (bicyclic) bond motifs is 1. The predicted molar refractivity (Wildman–Crippen MR) is 116 cm³/mol. The van der Waals surface area contributed by atoms with Gasteiger partial charge in [0.2, 0.25) is 0 Å². The van der Waals surface area contributed by atoms with Crippen molar-refractivity contribution in [2.45, 2.75) is 32.2 Å². The van der Waals surface area contributed by atoms with Crippen LogP contribution in [0.25, 0.3) is 0 Å². The molecule has 1 atom stereocenters. The SMILES string of the molecule is CCCC1=CC(c2ccccc2Cl)c2cnn(C(=O)NCc3ccccc3)c2N1. The zero-order valence-electron chi connectivity index (χ0n) is 16.2. The molecule has 0 saturated carbocycles. The van der Waals surface area contributed by atoms with Crippen molar-refractivity contribution in [2.24, 2.45) is 0 Å². The minimum absolute atomic E-state index is 0.0443. The fourth-order valence-electron chi connectivity index (χ4n) is 3.60. The summed E-state index contributed by atoms with van der Waals surface area (Å²) in [5, 5.41) is 11.4. The van der Waals surface area contributed by atoms with Gasteiger partial charge in [-0.15, -0.1) is 0 Å². The number of benzene rings is 2. The summed E-state index contributed by atoms with van der Waals surface area (Å²) in [6.07, 6.45) is 5.81. The van der Waals surface area contributed by atoms with Crippen molar-refractivity contribution >= 4 is 23.4 Å². The molecule has 0 spiro atoms. The van der Waals surface area contributed by atoms with Crippen molar-refractivity contribution < 1.29 is 4.79 Å². The van der Waals surface area contributed by atoms with E-state index in [0.717, 1.165) is 35.2 Å². The number of halogens is 1. The van der Waals surface area contributed by atoms with Crippen LogP contribution in [0.15, 0.2) is 72.6 Å². The molecule has 0 fully saturated rings. The van der Waals surface area contributed by atoms with Gasteiger partial charge < -0.3 is 10.6 Å². The van der Waals surface area contributed by atoms with Crippen molar-refractivity contribution in [3.63, 3.8) is 0 Å². The molecule has 0 bridgehead atoms. The van der Waals surface area contributed by atoms with Gasteiger partial charge in [-0.3, -0.25) is 0 Å².